The second-order valence-electron chi connectivity index (χ2n) is 3.08. The third kappa shape index (κ3) is 3.27. The summed E-state index contributed by atoms with van der Waals surface area (Å²) in [5, 5.41) is 9.21. The molecule has 5 nitrogen and oxygen atoms in total. The second kappa shape index (κ2) is 4.70. The predicted octanol–water partition coefficient (Wildman–Crippen LogP) is 0.889. The molecule has 0 saturated heterocycles. The Hall–Kier alpha value is -0.970. The molecular formula is C8H11N3O2S2. The Balaban J connectivity index is 2.73. The van der Waals surface area contributed by atoms with Crippen LogP contribution in [-0.4, -0.2) is 19.9 Å². The monoisotopic (exact) mass is 245 g/mol. The molecule has 0 bridgehead atoms. The van der Waals surface area contributed by atoms with Crippen LogP contribution in [0.25, 0.3) is 0 Å². The van der Waals surface area contributed by atoms with E-state index in [1.165, 1.54) is 6.20 Å². The second-order valence-corrected chi connectivity index (χ2v) is 6.31. The van der Waals surface area contributed by atoms with Crippen LogP contribution in [0.15, 0.2) is 10.4 Å². The average Bonchev–Trinajstić information content (AvgIpc) is 2.62. The van der Waals surface area contributed by atoms with Crippen LogP contribution in [0.2, 0.25) is 0 Å². The van der Waals surface area contributed by atoms with Crippen molar-refractivity contribution in [1.29, 1.82) is 5.26 Å². The Kier molecular flexibility index (Phi) is 3.79. The van der Waals surface area contributed by atoms with Gasteiger partial charge >= 0.3 is 0 Å². The van der Waals surface area contributed by atoms with Crippen LogP contribution in [0, 0.1) is 24.2 Å². The van der Waals surface area contributed by atoms with E-state index >= 15 is 0 Å². The summed E-state index contributed by atoms with van der Waals surface area (Å²) in [5.74, 6) is -0.339. The highest BCUT2D eigenvalue weighted by Gasteiger charge is 2.17. The summed E-state index contributed by atoms with van der Waals surface area (Å²) in [6.07, 6.45) is 1.32. The summed E-state index contributed by atoms with van der Waals surface area (Å²) < 4.78 is 25.8. The van der Waals surface area contributed by atoms with Gasteiger partial charge in [0.25, 0.3) is 10.0 Å². The number of thiazole rings is 1. The molecule has 0 fully saturated rings. The van der Waals surface area contributed by atoms with E-state index in [4.69, 9.17) is 5.26 Å². The molecule has 0 amide bonds. The van der Waals surface area contributed by atoms with Gasteiger partial charge in [-0.3, -0.25) is 0 Å². The maximum absolute atomic E-state index is 11.6. The van der Waals surface area contributed by atoms with Crippen molar-refractivity contribution in [3.05, 3.63) is 11.2 Å². The number of rotatable bonds is 4. The van der Waals surface area contributed by atoms with Gasteiger partial charge in [-0.05, 0) is 13.8 Å². The minimum Gasteiger partial charge on any atom is -0.249 e. The highest BCUT2D eigenvalue weighted by Crippen LogP contribution is 2.17. The van der Waals surface area contributed by atoms with E-state index in [1.807, 2.05) is 6.07 Å². The Morgan fingerprint density at radius 2 is 2.40 bits per heavy atom. The zero-order valence-electron chi connectivity index (χ0n) is 8.39. The van der Waals surface area contributed by atoms with Gasteiger partial charge in [0, 0.05) is 6.54 Å². The highest BCUT2D eigenvalue weighted by molar-refractivity contribution is 7.91. The van der Waals surface area contributed by atoms with Gasteiger partial charge < -0.3 is 0 Å². The Labute approximate surface area is 92.8 Å². The summed E-state index contributed by atoms with van der Waals surface area (Å²) in [6, 6.07) is 1.96. The maximum Gasteiger partial charge on any atom is 0.251 e. The molecule has 1 heterocycles. The fourth-order valence-electron chi connectivity index (χ4n) is 0.818. The standard InChI is InChI=1S/C8H11N3O2S2/c1-6(3-9)4-11-15(12,13)8-5-10-7(2)14-8/h5-6,11H,4H2,1-2H3. The molecule has 0 spiro atoms. The summed E-state index contributed by atoms with van der Waals surface area (Å²) in [5.41, 5.74) is 0. The number of hydrogen-bond acceptors (Lipinski definition) is 5. The van der Waals surface area contributed by atoms with Gasteiger partial charge in [-0.15, -0.1) is 11.3 Å². The van der Waals surface area contributed by atoms with E-state index in [9.17, 15) is 8.42 Å². The summed E-state index contributed by atoms with van der Waals surface area (Å²) >= 11 is 1.11. The molecule has 1 N–H and O–H groups in total. The molecule has 0 aliphatic heterocycles. The van der Waals surface area contributed by atoms with Crippen molar-refractivity contribution in [2.45, 2.75) is 18.1 Å². The molecule has 1 unspecified atom stereocenters. The molecule has 7 heteroatoms. The molecule has 1 aromatic heterocycles. The number of nitrogens with zero attached hydrogens (tertiary/aromatic N) is 2. The highest BCUT2D eigenvalue weighted by atomic mass is 32.2. The quantitative estimate of drug-likeness (QED) is 0.854. The van der Waals surface area contributed by atoms with E-state index < -0.39 is 10.0 Å². The van der Waals surface area contributed by atoms with Crippen LogP contribution >= 0.6 is 11.3 Å². The van der Waals surface area contributed by atoms with Gasteiger partial charge in [0.05, 0.1) is 23.2 Å². The van der Waals surface area contributed by atoms with Crippen LogP contribution in [0.1, 0.15) is 11.9 Å². The van der Waals surface area contributed by atoms with Gasteiger partial charge in [0.2, 0.25) is 0 Å². The first-order chi connectivity index (χ1) is 6.95. The first-order valence-corrected chi connectivity index (χ1v) is 6.57. The van der Waals surface area contributed by atoms with Crippen molar-refractivity contribution in [3.8, 4) is 6.07 Å². The molecule has 0 aromatic carbocycles. The lowest BCUT2D eigenvalue weighted by molar-refractivity contribution is 0.574. The van der Waals surface area contributed by atoms with Gasteiger partial charge in [-0.2, -0.15) is 5.26 Å². The fourth-order valence-corrected chi connectivity index (χ4v) is 3.10. The van der Waals surface area contributed by atoms with E-state index in [1.54, 1.807) is 13.8 Å². The number of aryl methyl sites for hydroxylation is 1. The topological polar surface area (TPSA) is 82.8 Å². The van der Waals surface area contributed by atoms with Gasteiger partial charge in [0.15, 0.2) is 4.21 Å². The van der Waals surface area contributed by atoms with E-state index in [-0.39, 0.29) is 16.7 Å². The van der Waals surface area contributed by atoms with Crippen molar-refractivity contribution >= 4 is 21.4 Å². The molecule has 0 aliphatic carbocycles. The molecule has 0 aliphatic rings. The average molecular weight is 245 g/mol. The molecule has 0 saturated carbocycles. The van der Waals surface area contributed by atoms with Crippen molar-refractivity contribution in [3.63, 3.8) is 0 Å². The van der Waals surface area contributed by atoms with Crippen molar-refractivity contribution < 1.29 is 8.42 Å². The van der Waals surface area contributed by atoms with Crippen LogP contribution in [0.5, 0.6) is 0 Å². The minimum atomic E-state index is -3.49. The van der Waals surface area contributed by atoms with Crippen LogP contribution in [0.4, 0.5) is 0 Å². The lowest BCUT2D eigenvalue weighted by Gasteiger charge is -2.04. The SMILES string of the molecule is Cc1ncc(S(=O)(=O)NCC(C)C#N)s1. The molecule has 1 aromatic rings. The van der Waals surface area contributed by atoms with Crippen LogP contribution in [0.3, 0.4) is 0 Å². The lowest BCUT2D eigenvalue weighted by Crippen LogP contribution is -2.27. The Bertz CT molecular complexity index is 472. The Morgan fingerprint density at radius 1 is 1.73 bits per heavy atom. The number of hydrogen-bond donors (Lipinski definition) is 1. The Morgan fingerprint density at radius 3 is 2.87 bits per heavy atom. The van der Waals surface area contributed by atoms with Gasteiger partial charge in [-0.1, -0.05) is 0 Å². The van der Waals surface area contributed by atoms with Gasteiger partial charge in [0.1, 0.15) is 0 Å². The van der Waals surface area contributed by atoms with E-state index in [0.717, 1.165) is 11.3 Å². The number of aromatic nitrogens is 1. The molecule has 1 atom stereocenters. The number of sulfonamides is 1. The number of nitrogens with one attached hydrogen (secondary N) is 1. The van der Waals surface area contributed by atoms with Crippen LogP contribution < -0.4 is 4.72 Å². The normalized spacial score (nSPS) is 13.4. The van der Waals surface area contributed by atoms with Crippen molar-refractivity contribution in [1.82, 2.24) is 9.71 Å². The van der Waals surface area contributed by atoms with Gasteiger partial charge in [-0.25, -0.2) is 18.1 Å². The minimum absolute atomic E-state index is 0.121. The first kappa shape index (κ1) is 12.1. The predicted molar refractivity (Wildman–Crippen MR) is 56.8 cm³/mol. The first-order valence-electron chi connectivity index (χ1n) is 4.27. The molecule has 15 heavy (non-hydrogen) atoms. The third-order valence-corrected chi connectivity index (χ3v) is 4.46. The molecule has 82 valence electrons. The van der Waals surface area contributed by atoms with E-state index in [0.29, 0.717) is 5.01 Å². The fraction of sp³-hybridized carbons (Fsp3) is 0.500. The van der Waals surface area contributed by atoms with Crippen molar-refractivity contribution in [2.75, 3.05) is 6.54 Å². The van der Waals surface area contributed by atoms with Crippen LogP contribution in [-0.2, 0) is 10.0 Å². The third-order valence-electron chi connectivity index (χ3n) is 1.66. The lowest BCUT2D eigenvalue weighted by atomic mass is 10.2. The van der Waals surface area contributed by atoms with Crippen molar-refractivity contribution in [2.24, 2.45) is 5.92 Å². The zero-order valence-corrected chi connectivity index (χ0v) is 10.0. The summed E-state index contributed by atoms with van der Waals surface area (Å²) in [6.45, 7) is 3.51. The zero-order chi connectivity index (χ0) is 11.5. The molecule has 1 rings (SSSR count). The summed E-state index contributed by atoms with van der Waals surface area (Å²) in [7, 11) is -3.49. The largest absolute Gasteiger partial charge is 0.251 e. The molecule has 0 radical (unpaired) electrons. The smallest absolute Gasteiger partial charge is 0.249 e. The summed E-state index contributed by atoms with van der Waals surface area (Å²) in [4.78, 5) is 3.86. The maximum atomic E-state index is 11.6. The molecular weight excluding hydrogens is 234 g/mol. The van der Waals surface area contributed by atoms with E-state index in [2.05, 4.69) is 9.71 Å². The number of nitriles is 1.